The van der Waals surface area contributed by atoms with Crippen LogP contribution in [0.3, 0.4) is 0 Å². The summed E-state index contributed by atoms with van der Waals surface area (Å²) in [6, 6.07) is 16.1. The topological polar surface area (TPSA) is 59.2 Å². The molecule has 1 aliphatic heterocycles. The van der Waals surface area contributed by atoms with Gasteiger partial charge in [0.1, 0.15) is 0 Å². The van der Waals surface area contributed by atoms with Gasteiger partial charge in [-0.25, -0.2) is 0 Å². The van der Waals surface area contributed by atoms with Crippen LogP contribution in [0.1, 0.15) is 11.1 Å². The summed E-state index contributed by atoms with van der Waals surface area (Å²) in [5.41, 5.74) is 7.16. The first-order chi connectivity index (χ1) is 17.5. The lowest BCUT2D eigenvalue weighted by Gasteiger charge is -2.32. The first-order valence-electron chi connectivity index (χ1n) is 12.4. The zero-order valence-electron chi connectivity index (χ0n) is 21.0. The van der Waals surface area contributed by atoms with Crippen molar-refractivity contribution in [3.8, 4) is 16.8 Å². The highest BCUT2D eigenvalue weighted by Crippen LogP contribution is 2.30. The van der Waals surface area contributed by atoms with Crippen molar-refractivity contribution in [1.82, 2.24) is 29.1 Å². The minimum Gasteiger partial charge on any atom is -0.304 e. The third-order valence-electron chi connectivity index (χ3n) is 7.33. The molecular formula is C29H30N6O. The largest absolute Gasteiger partial charge is 0.304 e. The van der Waals surface area contributed by atoms with Gasteiger partial charge in [-0.3, -0.25) is 23.9 Å². The predicted octanol–water partition coefficient (Wildman–Crippen LogP) is 4.00. The van der Waals surface area contributed by atoms with Gasteiger partial charge in [-0.05, 0) is 61.0 Å². The molecule has 7 nitrogen and oxygen atoms in total. The van der Waals surface area contributed by atoms with Crippen molar-refractivity contribution in [2.75, 3.05) is 33.2 Å². The van der Waals surface area contributed by atoms with Gasteiger partial charge in [0.2, 0.25) is 0 Å². The Kier molecular flexibility index (Phi) is 5.66. The average molecular weight is 479 g/mol. The van der Waals surface area contributed by atoms with E-state index in [4.69, 9.17) is 0 Å². The second-order valence-electron chi connectivity index (χ2n) is 9.89. The monoisotopic (exact) mass is 478 g/mol. The summed E-state index contributed by atoms with van der Waals surface area (Å²) in [6.45, 7) is 7.45. The number of pyridine rings is 2. The summed E-state index contributed by atoms with van der Waals surface area (Å²) in [5, 5.41) is 6.20. The number of rotatable bonds is 4. The summed E-state index contributed by atoms with van der Waals surface area (Å²) in [5.74, 6) is 0. The van der Waals surface area contributed by atoms with Gasteiger partial charge in [0.25, 0.3) is 5.56 Å². The highest BCUT2D eigenvalue weighted by molar-refractivity contribution is 6.05. The molecule has 0 unspecified atom stereocenters. The molecular weight excluding hydrogens is 448 g/mol. The first kappa shape index (κ1) is 22.6. The summed E-state index contributed by atoms with van der Waals surface area (Å²) in [7, 11) is 4.09. The Morgan fingerprint density at radius 3 is 2.47 bits per heavy atom. The van der Waals surface area contributed by atoms with Crippen LogP contribution >= 0.6 is 0 Å². The number of hydrogen-bond acceptors (Lipinski definition) is 5. The number of likely N-dealkylation sites (N-methyl/N-ethyl adjacent to an activating group) is 1. The molecule has 0 bridgehead atoms. The fraction of sp³-hybridized carbons (Fsp3) is 0.276. The maximum absolute atomic E-state index is 13.3. The molecule has 6 rings (SSSR count). The molecule has 0 aliphatic carbocycles. The molecule has 182 valence electrons. The minimum atomic E-state index is -0.0481. The molecule has 4 heterocycles. The van der Waals surface area contributed by atoms with E-state index >= 15 is 0 Å². The van der Waals surface area contributed by atoms with Gasteiger partial charge in [0, 0.05) is 80.3 Å². The van der Waals surface area contributed by atoms with E-state index in [1.165, 1.54) is 11.1 Å². The second kappa shape index (κ2) is 9.00. The zero-order valence-corrected chi connectivity index (χ0v) is 21.0. The fourth-order valence-electron chi connectivity index (χ4n) is 5.16. The average Bonchev–Trinajstić information content (AvgIpc) is 3.32. The summed E-state index contributed by atoms with van der Waals surface area (Å²) < 4.78 is 3.63. The van der Waals surface area contributed by atoms with Crippen molar-refractivity contribution in [2.45, 2.75) is 13.5 Å². The van der Waals surface area contributed by atoms with Crippen LogP contribution in [0, 0.1) is 6.92 Å². The van der Waals surface area contributed by atoms with E-state index in [1.807, 2.05) is 42.3 Å². The van der Waals surface area contributed by atoms with Crippen LogP contribution in [0.25, 0.3) is 38.6 Å². The quantitative estimate of drug-likeness (QED) is 0.366. The van der Waals surface area contributed by atoms with Crippen molar-refractivity contribution in [3.05, 3.63) is 88.6 Å². The Bertz CT molecular complexity index is 1640. The van der Waals surface area contributed by atoms with Crippen LogP contribution in [-0.2, 0) is 13.6 Å². The van der Waals surface area contributed by atoms with Crippen molar-refractivity contribution < 1.29 is 0 Å². The van der Waals surface area contributed by atoms with Crippen molar-refractivity contribution in [3.63, 3.8) is 0 Å². The van der Waals surface area contributed by atoms with Gasteiger partial charge in [-0.1, -0.05) is 12.1 Å². The zero-order chi connectivity index (χ0) is 24.8. The van der Waals surface area contributed by atoms with Gasteiger partial charge < -0.3 is 4.90 Å². The molecule has 5 aromatic rings. The number of benzene rings is 2. The smallest absolute Gasteiger partial charge is 0.255 e. The third-order valence-corrected chi connectivity index (χ3v) is 7.33. The highest BCUT2D eigenvalue weighted by atomic mass is 16.1. The molecule has 36 heavy (non-hydrogen) atoms. The van der Waals surface area contributed by atoms with Gasteiger partial charge >= 0.3 is 0 Å². The SMILES string of the molecule is Cc1cc(-n2c(=O)ccc3cnc4ccc(-c5cnn(C)c5)cc4c32)ccc1CN1CCN(C)CC1. The molecule has 3 aromatic heterocycles. The highest BCUT2D eigenvalue weighted by Gasteiger charge is 2.16. The van der Waals surface area contributed by atoms with Crippen molar-refractivity contribution in [2.24, 2.45) is 7.05 Å². The Hall–Kier alpha value is -3.81. The van der Waals surface area contributed by atoms with Gasteiger partial charge in [-0.15, -0.1) is 0 Å². The van der Waals surface area contributed by atoms with Gasteiger partial charge in [0.05, 0.1) is 17.2 Å². The van der Waals surface area contributed by atoms with Crippen LogP contribution in [0.4, 0.5) is 0 Å². The molecule has 0 N–H and O–H groups in total. The maximum atomic E-state index is 13.3. The summed E-state index contributed by atoms with van der Waals surface area (Å²) >= 11 is 0. The van der Waals surface area contributed by atoms with Crippen molar-refractivity contribution in [1.29, 1.82) is 0 Å². The van der Waals surface area contributed by atoms with Crippen molar-refractivity contribution >= 4 is 21.8 Å². The second-order valence-corrected chi connectivity index (χ2v) is 9.89. The molecule has 2 aromatic carbocycles. The fourth-order valence-corrected chi connectivity index (χ4v) is 5.16. The number of aryl methyl sites for hydroxylation is 2. The standard InChI is InChI=1S/C29H30N6O/c1-20-14-25(7-4-23(20)19-34-12-10-32(2)11-13-34)35-28(36)9-6-22-16-30-27-8-5-21(15-26(27)29(22)35)24-17-31-33(3)18-24/h4-9,14-18H,10-13,19H2,1-3H3. The van der Waals surface area contributed by atoms with Gasteiger partial charge in [-0.2, -0.15) is 5.10 Å². The lowest BCUT2D eigenvalue weighted by atomic mass is 10.0. The van der Waals surface area contributed by atoms with Crippen LogP contribution in [0.5, 0.6) is 0 Å². The third kappa shape index (κ3) is 4.10. The van der Waals surface area contributed by atoms with Crippen LogP contribution in [0.15, 0.2) is 71.9 Å². The van der Waals surface area contributed by atoms with E-state index in [9.17, 15) is 4.79 Å². The number of fused-ring (bicyclic) bond motifs is 3. The van der Waals surface area contributed by atoms with E-state index in [-0.39, 0.29) is 5.56 Å². The number of hydrogen-bond donors (Lipinski definition) is 0. The maximum Gasteiger partial charge on any atom is 0.255 e. The minimum absolute atomic E-state index is 0.0481. The number of aromatic nitrogens is 4. The first-order valence-corrected chi connectivity index (χ1v) is 12.4. The summed E-state index contributed by atoms with van der Waals surface area (Å²) in [6.07, 6.45) is 5.70. The van der Waals surface area contributed by atoms with Crippen LogP contribution in [-0.4, -0.2) is 62.4 Å². The Morgan fingerprint density at radius 2 is 1.72 bits per heavy atom. The number of nitrogens with zero attached hydrogens (tertiary/aromatic N) is 6. The molecule has 1 fully saturated rings. The van der Waals surface area contributed by atoms with Gasteiger partial charge in [0.15, 0.2) is 0 Å². The van der Waals surface area contributed by atoms with E-state index in [1.54, 1.807) is 10.7 Å². The lowest BCUT2D eigenvalue weighted by Crippen LogP contribution is -2.43. The normalized spacial score (nSPS) is 15.2. The number of piperazine rings is 1. The summed E-state index contributed by atoms with van der Waals surface area (Å²) in [4.78, 5) is 22.8. The van der Waals surface area contributed by atoms with E-state index < -0.39 is 0 Å². The van der Waals surface area contributed by atoms with E-state index in [2.05, 4.69) is 64.2 Å². The molecule has 7 heteroatoms. The molecule has 0 atom stereocenters. The lowest BCUT2D eigenvalue weighted by molar-refractivity contribution is 0.148. The Balaban J connectivity index is 1.47. The van der Waals surface area contributed by atoms with Crippen LogP contribution in [0.2, 0.25) is 0 Å². The van der Waals surface area contributed by atoms with Crippen LogP contribution < -0.4 is 5.56 Å². The molecule has 0 saturated carbocycles. The Labute approximate surface area is 210 Å². The molecule has 0 amide bonds. The Morgan fingerprint density at radius 1 is 0.889 bits per heavy atom. The molecule has 0 radical (unpaired) electrons. The van der Waals surface area contributed by atoms with E-state index in [0.717, 1.165) is 71.3 Å². The molecule has 0 spiro atoms. The predicted molar refractivity (Wildman–Crippen MR) is 145 cm³/mol. The molecule has 1 saturated heterocycles. The van der Waals surface area contributed by atoms with E-state index in [0.29, 0.717) is 0 Å². The molecule has 1 aliphatic rings.